The number of hydrogen-bond acceptors (Lipinski definition) is 3. The molecule has 0 bridgehead atoms. The number of fused-ring (bicyclic) bond motifs is 1. The molecule has 0 saturated carbocycles. The first kappa shape index (κ1) is 18.7. The van der Waals surface area contributed by atoms with E-state index in [1.807, 2.05) is 42.5 Å². The van der Waals surface area contributed by atoms with E-state index in [0.717, 1.165) is 22.0 Å². The summed E-state index contributed by atoms with van der Waals surface area (Å²) in [4.78, 5) is 15.4. The van der Waals surface area contributed by atoms with Crippen LogP contribution in [-0.4, -0.2) is 24.0 Å². The second kappa shape index (κ2) is 7.65. The highest BCUT2D eigenvalue weighted by Crippen LogP contribution is 2.22. The molecule has 5 nitrogen and oxygen atoms in total. The molecule has 1 aromatic heterocycles. The fourth-order valence-corrected chi connectivity index (χ4v) is 3.03. The number of nitrogens with zero attached hydrogens (tertiary/aromatic N) is 1. The quantitative estimate of drug-likeness (QED) is 0.630. The number of H-pyrrole nitrogens is 1. The van der Waals surface area contributed by atoms with Gasteiger partial charge in [0.05, 0.1) is 5.56 Å². The zero-order valence-electron chi connectivity index (χ0n) is 15.7. The number of benzene rings is 2. The van der Waals surface area contributed by atoms with Crippen LogP contribution in [0, 0.1) is 11.3 Å². The number of carbonyl (C=O) groups is 1. The molecule has 0 aliphatic carbocycles. The van der Waals surface area contributed by atoms with Crippen molar-refractivity contribution in [2.75, 3.05) is 13.1 Å². The van der Waals surface area contributed by atoms with E-state index >= 15 is 0 Å². The van der Waals surface area contributed by atoms with Gasteiger partial charge in [-0.15, -0.1) is 0 Å². The van der Waals surface area contributed by atoms with Crippen LogP contribution in [0.2, 0.25) is 0 Å². The van der Waals surface area contributed by atoms with Crippen molar-refractivity contribution in [1.29, 1.82) is 5.26 Å². The average molecular weight is 360 g/mol. The van der Waals surface area contributed by atoms with Crippen molar-refractivity contribution in [2.45, 2.75) is 25.7 Å². The van der Waals surface area contributed by atoms with Gasteiger partial charge in [0, 0.05) is 41.2 Å². The molecule has 1 amide bonds. The summed E-state index contributed by atoms with van der Waals surface area (Å²) in [5, 5.41) is 13.0. The van der Waals surface area contributed by atoms with E-state index in [-0.39, 0.29) is 11.3 Å². The lowest BCUT2D eigenvalue weighted by Gasteiger charge is -2.23. The third-order valence-corrected chi connectivity index (χ3v) is 5.00. The molecule has 4 N–H and O–H groups in total. The van der Waals surface area contributed by atoms with Gasteiger partial charge in [0.2, 0.25) is 0 Å². The number of amides is 1. The number of carbonyl (C=O) groups excluding carboxylic acids is 1. The summed E-state index contributed by atoms with van der Waals surface area (Å²) in [6, 6.07) is 15.8. The zero-order valence-corrected chi connectivity index (χ0v) is 15.7. The molecular formula is C22H24N4O. The molecule has 0 atom stereocenters. The molecule has 2 aromatic carbocycles. The maximum absolute atomic E-state index is 12.4. The topological polar surface area (TPSA) is 94.7 Å². The van der Waals surface area contributed by atoms with E-state index < -0.39 is 0 Å². The van der Waals surface area contributed by atoms with Gasteiger partial charge in [-0.2, -0.15) is 5.26 Å². The molecule has 0 aliphatic rings. The lowest BCUT2D eigenvalue weighted by atomic mass is 9.84. The first-order valence-electron chi connectivity index (χ1n) is 9.03. The normalized spacial score (nSPS) is 11.3. The fourth-order valence-electron chi connectivity index (χ4n) is 3.03. The Kier molecular flexibility index (Phi) is 5.29. The van der Waals surface area contributed by atoms with Gasteiger partial charge in [0.15, 0.2) is 0 Å². The molecule has 0 radical (unpaired) electrons. The monoisotopic (exact) mass is 360 g/mol. The summed E-state index contributed by atoms with van der Waals surface area (Å²) in [5.74, 6) is -0.0902. The summed E-state index contributed by atoms with van der Waals surface area (Å²) in [6.45, 7) is 5.26. The van der Waals surface area contributed by atoms with Crippen LogP contribution in [0.4, 0.5) is 0 Å². The molecular weight excluding hydrogens is 336 g/mol. The minimum atomic E-state index is -0.103. The molecule has 0 unspecified atom stereocenters. The standard InChI is InChI=1S/C22H24N4O/c1-22(2,14-24)18-6-4-16(5-7-18)21(27)25-10-9-15-3-8-20-19(11-15)17(12-23)13-26-20/h3-8,11,13,26H,9-10,14,24H2,1-2H3,(H,25,27). The van der Waals surface area contributed by atoms with Crippen molar-refractivity contribution in [3.63, 3.8) is 0 Å². The number of nitrogens with one attached hydrogen (secondary N) is 2. The van der Waals surface area contributed by atoms with Crippen LogP contribution in [0.5, 0.6) is 0 Å². The fraction of sp³-hybridized carbons (Fsp3) is 0.273. The highest BCUT2D eigenvalue weighted by atomic mass is 16.1. The Morgan fingerprint density at radius 1 is 1.22 bits per heavy atom. The third-order valence-electron chi connectivity index (χ3n) is 5.00. The Morgan fingerprint density at radius 3 is 2.63 bits per heavy atom. The van der Waals surface area contributed by atoms with Gasteiger partial charge in [0.1, 0.15) is 6.07 Å². The first-order chi connectivity index (χ1) is 12.9. The second-order valence-corrected chi connectivity index (χ2v) is 7.37. The number of nitrogens with two attached hydrogens (primary N) is 1. The van der Waals surface area contributed by atoms with Crippen molar-refractivity contribution in [1.82, 2.24) is 10.3 Å². The molecule has 138 valence electrons. The molecule has 0 aliphatic heterocycles. The number of hydrogen-bond donors (Lipinski definition) is 3. The van der Waals surface area contributed by atoms with Crippen LogP contribution in [-0.2, 0) is 11.8 Å². The van der Waals surface area contributed by atoms with Gasteiger partial charge >= 0.3 is 0 Å². The lowest BCUT2D eigenvalue weighted by molar-refractivity contribution is 0.0954. The van der Waals surface area contributed by atoms with Gasteiger partial charge in [-0.1, -0.05) is 32.0 Å². The summed E-state index contributed by atoms with van der Waals surface area (Å²) >= 11 is 0. The first-order valence-corrected chi connectivity index (χ1v) is 9.03. The van der Waals surface area contributed by atoms with E-state index in [9.17, 15) is 4.79 Å². The van der Waals surface area contributed by atoms with Gasteiger partial charge in [-0.3, -0.25) is 4.79 Å². The van der Waals surface area contributed by atoms with Crippen LogP contribution in [0.25, 0.3) is 10.9 Å². The highest BCUT2D eigenvalue weighted by Gasteiger charge is 2.18. The van der Waals surface area contributed by atoms with Gasteiger partial charge < -0.3 is 16.0 Å². The van der Waals surface area contributed by atoms with Crippen LogP contribution in [0.1, 0.15) is 40.9 Å². The minimum Gasteiger partial charge on any atom is -0.360 e. The van der Waals surface area contributed by atoms with E-state index in [0.29, 0.717) is 30.6 Å². The summed E-state index contributed by atoms with van der Waals surface area (Å²) < 4.78 is 0. The summed E-state index contributed by atoms with van der Waals surface area (Å²) in [7, 11) is 0. The van der Waals surface area contributed by atoms with Crippen molar-refractivity contribution in [2.24, 2.45) is 5.73 Å². The predicted molar refractivity (Wildman–Crippen MR) is 108 cm³/mol. The minimum absolute atomic E-state index is 0.0902. The van der Waals surface area contributed by atoms with Crippen LogP contribution in [0.15, 0.2) is 48.7 Å². The van der Waals surface area contributed by atoms with Crippen LogP contribution in [0.3, 0.4) is 0 Å². The van der Waals surface area contributed by atoms with Crippen molar-refractivity contribution in [3.8, 4) is 6.07 Å². The number of rotatable bonds is 6. The molecule has 5 heteroatoms. The van der Waals surface area contributed by atoms with E-state index in [1.54, 1.807) is 6.20 Å². The smallest absolute Gasteiger partial charge is 0.251 e. The van der Waals surface area contributed by atoms with Crippen LogP contribution < -0.4 is 11.1 Å². The molecule has 0 saturated heterocycles. The summed E-state index contributed by atoms with van der Waals surface area (Å²) in [6.07, 6.45) is 2.42. The second-order valence-electron chi connectivity index (χ2n) is 7.37. The number of aromatic nitrogens is 1. The molecule has 0 fully saturated rings. The van der Waals surface area contributed by atoms with E-state index in [4.69, 9.17) is 11.0 Å². The molecule has 3 aromatic rings. The largest absolute Gasteiger partial charge is 0.360 e. The third kappa shape index (κ3) is 4.02. The van der Waals surface area contributed by atoms with Crippen molar-refractivity contribution >= 4 is 16.8 Å². The Bertz CT molecular complexity index is 993. The Morgan fingerprint density at radius 2 is 1.96 bits per heavy atom. The Labute approximate surface area is 159 Å². The summed E-state index contributed by atoms with van der Waals surface area (Å²) in [5.41, 5.74) is 10.1. The van der Waals surface area contributed by atoms with Crippen molar-refractivity contribution < 1.29 is 4.79 Å². The maximum Gasteiger partial charge on any atom is 0.251 e. The van der Waals surface area contributed by atoms with Crippen molar-refractivity contribution in [3.05, 3.63) is 70.9 Å². The SMILES string of the molecule is CC(C)(CN)c1ccc(C(=O)NCCc2ccc3[nH]cc(C#N)c3c2)cc1. The van der Waals surface area contributed by atoms with E-state index in [1.165, 1.54) is 0 Å². The highest BCUT2D eigenvalue weighted by molar-refractivity contribution is 5.94. The molecule has 3 rings (SSSR count). The average Bonchev–Trinajstić information content (AvgIpc) is 3.10. The molecule has 0 spiro atoms. The molecule has 27 heavy (non-hydrogen) atoms. The van der Waals surface area contributed by atoms with E-state index in [2.05, 4.69) is 30.2 Å². The van der Waals surface area contributed by atoms with Gasteiger partial charge in [-0.25, -0.2) is 0 Å². The molecule has 1 heterocycles. The lowest BCUT2D eigenvalue weighted by Crippen LogP contribution is -2.28. The van der Waals surface area contributed by atoms with Gasteiger partial charge in [0.25, 0.3) is 5.91 Å². The Balaban J connectivity index is 1.60. The maximum atomic E-state index is 12.4. The zero-order chi connectivity index (χ0) is 19.4. The number of aromatic amines is 1. The number of nitriles is 1. The predicted octanol–water partition coefficient (Wildman–Crippen LogP) is 3.25. The van der Waals surface area contributed by atoms with Crippen LogP contribution >= 0.6 is 0 Å². The van der Waals surface area contributed by atoms with Gasteiger partial charge in [-0.05, 0) is 41.8 Å². The Hall–Kier alpha value is -3.10.